The molecule has 0 aliphatic heterocycles. The second kappa shape index (κ2) is 7.62. The Balaban J connectivity index is 1.54. The van der Waals surface area contributed by atoms with Gasteiger partial charge in [-0.25, -0.2) is 4.79 Å². The van der Waals surface area contributed by atoms with Crippen molar-refractivity contribution < 1.29 is 14.3 Å². The van der Waals surface area contributed by atoms with E-state index in [4.69, 9.17) is 4.74 Å². The van der Waals surface area contributed by atoms with E-state index in [2.05, 4.69) is 5.32 Å². The molecular weight excluding hydrogens is 322 g/mol. The molecule has 0 unspecified atom stereocenters. The number of rotatable bonds is 4. The topological polar surface area (TPSA) is 55.4 Å². The maximum atomic E-state index is 12.2. The van der Waals surface area contributed by atoms with Crippen molar-refractivity contribution in [1.29, 1.82) is 0 Å². The minimum absolute atomic E-state index is 0.269. The third-order valence-corrected chi connectivity index (χ3v) is 5.30. The van der Waals surface area contributed by atoms with Crippen LogP contribution in [-0.2, 0) is 22.4 Å². The van der Waals surface area contributed by atoms with Crippen LogP contribution in [0.1, 0.15) is 44.9 Å². The molecule has 2 aromatic rings. The number of nitrogens with one attached hydrogen (secondary N) is 1. The van der Waals surface area contributed by atoms with Gasteiger partial charge in [-0.05, 0) is 61.9 Å². The average molecular weight is 343 g/mol. The summed E-state index contributed by atoms with van der Waals surface area (Å²) in [5, 5.41) is 2.73. The summed E-state index contributed by atoms with van der Waals surface area (Å²) in [5.74, 6) is -0.737. The summed E-state index contributed by atoms with van der Waals surface area (Å²) in [5.41, 5.74) is 3.04. The van der Waals surface area contributed by atoms with E-state index in [1.807, 2.05) is 37.3 Å². The van der Waals surface area contributed by atoms with E-state index in [9.17, 15) is 9.59 Å². The van der Waals surface area contributed by atoms with Crippen LogP contribution in [0.25, 0.3) is 0 Å². The first-order valence-corrected chi connectivity index (χ1v) is 9.09. The molecule has 3 rings (SSSR count). The number of aryl methyl sites for hydroxylation is 3. The van der Waals surface area contributed by atoms with Crippen molar-refractivity contribution in [3.63, 3.8) is 0 Å². The molecule has 0 bridgehead atoms. The lowest BCUT2D eigenvalue weighted by atomic mass is 10.1. The smallest absolute Gasteiger partial charge is 0.348 e. The molecule has 1 aromatic heterocycles. The number of benzene rings is 1. The maximum absolute atomic E-state index is 12.2. The fourth-order valence-electron chi connectivity index (χ4n) is 2.89. The Morgan fingerprint density at radius 1 is 1.17 bits per heavy atom. The largest absolute Gasteiger partial charge is 0.451 e. The number of carbonyl (C=O) groups excluding carboxylic acids is 2. The molecule has 0 fully saturated rings. The highest BCUT2D eigenvalue weighted by atomic mass is 32.1. The van der Waals surface area contributed by atoms with E-state index in [1.165, 1.54) is 41.0 Å². The molecule has 24 heavy (non-hydrogen) atoms. The maximum Gasteiger partial charge on any atom is 0.348 e. The zero-order valence-electron chi connectivity index (χ0n) is 13.8. The van der Waals surface area contributed by atoms with Gasteiger partial charge in [0.2, 0.25) is 0 Å². The first-order chi connectivity index (χ1) is 11.6. The average Bonchev–Trinajstić information content (AvgIpc) is 2.84. The Kier molecular flexibility index (Phi) is 5.30. The molecule has 1 aromatic carbocycles. The van der Waals surface area contributed by atoms with Gasteiger partial charge in [0.15, 0.2) is 6.61 Å². The number of hydrogen-bond acceptors (Lipinski definition) is 4. The molecule has 0 spiro atoms. The molecule has 0 atom stereocenters. The standard InChI is InChI=1S/C19H21NO3S/c1-13-6-5-8-15(10-13)20-18(21)12-23-19(22)17-11-14-7-3-2-4-9-16(14)24-17/h5-6,8,10-11H,2-4,7,9,12H2,1H3,(H,20,21). The summed E-state index contributed by atoms with van der Waals surface area (Å²) >= 11 is 1.51. The molecule has 5 heteroatoms. The Morgan fingerprint density at radius 2 is 2.00 bits per heavy atom. The van der Waals surface area contributed by atoms with E-state index >= 15 is 0 Å². The van der Waals surface area contributed by atoms with Crippen LogP contribution in [0.3, 0.4) is 0 Å². The first kappa shape index (κ1) is 16.7. The van der Waals surface area contributed by atoms with Crippen molar-refractivity contribution in [2.24, 2.45) is 0 Å². The summed E-state index contributed by atoms with van der Waals surface area (Å²) in [6.45, 7) is 1.69. The van der Waals surface area contributed by atoms with Crippen LogP contribution in [0, 0.1) is 6.92 Å². The number of ether oxygens (including phenoxy) is 1. The number of esters is 1. The molecule has 0 radical (unpaired) electrons. The van der Waals surface area contributed by atoms with Crippen LogP contribution in [0.4, 0.5) is 5.69 Å². The van der Waals surface area contributed by atoms with Crippen LogP contribution in [0.2, 0.25) is 0 Å². The SMILES string of the molecule is Cc1cccc(NC(=O)COC(=O)c2cc3c(s2)CCCCC3)c1. The third-order valence-electron chi connectivity index (χ3n) is 4.08. The molecule has 4 nitrogen and oxygen atoms in total. The van der Waals surface area contributed by atoms with Crippen molar-refractivity contribution in [1.82, 2.24) is 0 Å². The number of thiophene rings is 1. The zero-order chi connectivity index (χ0) is 16.9. The molecule has 0 saturated heterocycles. The van der Waals surface area contributed by atoms with E-state index in [0.717, 1.165) is 18.4 Å². The van der Waals surface area contributed by atoms with Gasteiger partial charge in [-0.3, -0.25) is 4.79 Å². The van der Waals surface area contributed by atoms with Crippen molar-refractivity contribution >= 4 is 28.9 Å². The highest BCUT2D eigenvalue weighted by Crippen LogP contribution is 2.29. The van der Waals surface area contributed by atoms with Crippen molar-refractivity contribution in [2.75, 3.05) is 11.9 Å². The number of carbonyl (C=O) groups is 2. The number of fused-ring (bicyclic) bond motifs is 1. The lowest BCUT2D eigenvalue weighted by Gasteiger charge is -2.06. The quantitative estimate of drug-likeness (QED) is 0.671. The molecule has 1 N–H and O–H groups in total. The Morgan fingerprint density at radius 3 is 2.83 bits per heavy atom. The van der Waals surface area contributed by atoms with E-state index in [-0.39, 0.29) is 12.5 Å². The zero-order valence-corrected chi connectivity index (χ0v) is 14.6. The van der Waals surface area contributed by atoms with Crippen LogP contribution < -0.4 is 5.32 Å². The molecule has 1 aliphatic rings. The number of amides is 1. The lowest BCUT2D eigenvalue weighted by Crippen LogP contribution is -2.20. The van der Waals surface area contributed by atoms with Crippen molar-refractivity contribution in [2.45, 2.75) is 39.0 Å². The van der Waals surface area contributed by atoms with Gasteiger partial charge in [-0.15, -0.1) is 11.3 Å². The van der Waals surface area contributed by atoms with E-state index < -0.39 is 5.97 Å². The van der Waals surface area contributed by atoms with Gasteiger partial charge in [-0.1, -0.05) is 18.6 Å². The predicted octanol–water partition coefficient (Wildman–Crippen LogP) is 4.12. The van der Waals surface area contributed by atoms with Crippen LogP contribution in [-0.4, -0.2) is 18.5 Å². The van der Waals surface area contributed by atoms with Crippen LogP contribution in [0.5, 0.6) is 0 Å². The van der Waals surface area contributed by atoms with Crippen molar-refractivity contribution in [3.8, 4) is 0 Å². The van der Waals surface area contributed by atoms with Crippen LogP contribution in [0.15, 0.2) is 30.3 Å². The Labute approximate surface area is 145 Å². The van der Waals surface area contributed by atoms with Crippen molar-refractivity contribution in [3.05, 3.63) is 51.2 Å². The van der Waals surface area contributed by atoms with Gasteiger partial charge in [0.05, 0.1) is 0 Å². The highest BCUT2D eigenvalue weighted by molar-refractivity contribution is 7.14. The summed E-state index contributed by atoms with van der Waals surface area (Å²) < 4.78 is 5.16. The van der Waals surface area contributed by atoms with Gasteiger partial charge in [0.25, 0.3) is 5.91 Å². The van der Waals surface area contributed by atoms with Gasteiger partial charge < -0.3 is 10.1 Å². The molecule has 1 aliphatic carbocycles. The minimum atomic E-state index is -0.410. The van der Waals surface area contributed by atoms with E-state index in [0.29, 0.717) is 10.6 Å². The fraction of sp³-hybridized carbons (Fsp3) is 0.368. The molecule has 0 saturated carbocycles. The molecule has 1 amide bonds. The molecular formula is C19H21NO3S. The second-order valence-corrected chi connectivity index (χ2v) is 7.25. The fourth-order valence-corrected chi connectivity index (χ4v) is 4.04. The van der Waals surface area contributed by atoms with Gasteiger partial charge >= 0.3 is 5.97 Å². The predicted molar refractivity (Wildman–Crippen MR) is 95.7 cm³/mol. The number of anilines is 1. The third kappa shape index (κ3) is 4.23. The Bertz CT molecular complexity index is 727. The summed E-state index contributed by atoms with van der Waals surface area (Å²) in [6.07, 6.45) is 5.69. The van der Waals surface area contributed by atoms with Gasteiger partial charge in [-0.2, -0.15) is 0 Å². The first-order valence-electron chi connectivity index (χ1n) is 8.27. The van der Waals surface area contributed by atoms with Gasteiger partial charge in [0, 0.05) is 10.6 Å². The van der Waals surface area contributed by atoms with Crippen LogP contribution >= 0.6 is 11.3 Å². The normalized spacial score (nSPS) is 13.7. The highest BCUT2D eigenvalue weighted by Gasteiger charge is 2.18. The summed E-state index contributed by atoms with van der Waals surface area (Å²) in [7, 11) is 0. The molecule has 1 heterocycles. The monoisotopic (exact) mass is 343 g/mol. The summed E-state index contributed by atoms with van der Waals surface area (Å²) in [4.78, 5) is 26.0. The van der Waals surface area contributed by atoms with E-state index in [1.54, 1.807) is 0 Å². The molecule has 126 valence electrons. The minimum Gasteiger partial charge on any atom is -0.451 e. The lowest BCUT2D eigenvalue weighted by molar-refractivity contribution is -0.119. The second-order valence-electron chi connectivity index (χ2n) is 6.11. The van der Waals surface area contributed by atoms with Gasteiger partial charge in [0.1, 0.15) is 4.88 Å². The summed E-state index contributed by atoms with van der Waals surface area (Å²) in [6, 6.07) is 9.44. The number of hydrogen-bond donors (Lipinski definition) is 1. The Hall–Kier alpha value is -2.14.